The molecule has 0 spiro atoms. The molecule has 0 aliphatic heterocycles. The summed E-state index contributed by atoms with van der Waals surface area (Å²) in [4.78, 5) is 30.7. The van der Waals surface area contributed by atoms with Crippen molar-refractivity contribution >= 4 is 39.7 Å². The highest BCUT2D eigenvalue weighted by Crippen LogP contribution is 2.35. The largest absolute Gasteiger partial charge is 0.457 e. The van der Waals surface area contributed by atoms with Gasteiger partial charge in [0, 0.05) is 14.0 Å². The summed E-state index contributed by atoms with van der Waals surface area (Å²) in [6.45, 7) is 2.12. The van der Waals surface area contributed by atoms with Gasteiger partial charge < -0.3 is 30.3 Å². The van der Waals surface area contributed by atoms with Gasteiger partial charge in [-0.05, 0) is 12.1 Å². The van der Waals surface area contributed by atoms with E-state index in [0.29, 0.717) is 40.5 Å². The number of esters is 1. The number of carbonyl (C=O) groups is 2. The maximum Gasteiger partial charge on any atom is 0.303 e. The van der Waals surface area contributed by atoms with Crippen molar-refractivity contribution in [2.24, 2.45) is 4.99 Å². The fourth-order valence-corrected chi connectivity index (χ4v) is 2.62. The van der Waals surface area contributed by atoms with Crippen LogP contribution in [0, 0.1) is 0 Å². The number of nitrogens with two attached hydrogens (primary N) is 1. The second-order valence-corrected chi connectivity index (χ2v) is 6.26. The van der Waals surface area contributed by atoms with Crippen LogP contribution >= 0.6 is 11.3 Å². The molecule has 0 aromatic carbocycles. The molecule has 0 bridgehead atoms. The molecular formula is C16H21N5O5S. The van der Waals surface area contributed by atoms with Crippen LogP contribution in [0.5, 0.6) is 0 Å². The third-order valence-electron chi connectivity index (χ3n) is 3.12. The summed E-state index contributed by atoms with van der Waals surface area (Å²) in [5.74, 6) is 0.0838. The normalized spacial score (nSPS) is 10.9. The van der Waals surface area contributed by atoms with E-state index in [-0.39, 0.29) is 13.2 Å². The molecule has 0 fully saturated rings. The lowest BCUT2D eigenvalue weighted by Crippen LogP contribution is -2.27. The second-order valence-electron chi connectivity index (χ2n) is 5.23. The monoisotopic (exact) mass is 395 g/mol. The van der Waals surface area contributed by atoms with Gasteiger partial charge in [-0.2, -0.15) is 0 Å². The van der Waals surface area contributed by atoms with Gasteiger partial charge in [-0.3, -0.25) is 14.6 Å². The molecular weight excluding hydrogens is 374 g/mol. The van der Waals surface area contributed by atoms with E-state index in [9.17, 15) is 9.59 Å². The van der Waals surface area contributed by atoms with E-state index in [4.69, 9.17) is 14.9 Å². The van der Waals surface area contributed by atoms with Crippen LogP contribution in [0.15, 0.2) is 21.5 Å². The summed E-state index contributed by atoms with van der Waals surface area (Å²) in [5, 5.41) is 6.69. The first-order chi connectivity index (χ1) is 13.0. The van der Waals surface area contributed by atoms with E-state index < -0.39 is 11.9 Å². The molecule has 0 unspecified atom stereocenters. The van der Waals surface area contributed by atoms with Crippen molar-refractivity contribution in [1.29, 1.82) is 0 Å². The minimum atomic E-state index is -0.516. The topological polar surface area (TPSA) is 141 Å². The Hall–Kier alpha value is -2.92. The van der Waals surface area contributed by atoms with E-state index in [1.54, 1.807) is 25.6 Å². The number of rotatable bonds is 10. The van der Waals surface area contributed by atoms with E-state index in [1.807, 2.05) is 0 Å². The average Bonchev–Trinajstić information content (AvgIpc) is 3.24. The van der Waals surface area contributed by atoms with E-state index in [1.165, 1.54) is 18.3 Å². The Morgan fingerprint density at radius 1 is 1.44 bits per heavy atom. The van der Waals surface area contributed by atoms with Gasteiger partial charge in [0.05, 0.1) is 26.0 Å². The first-order valence-corrected chi connectivity index (χ1v) is 8.80. The third-order valence-corrected chi connectivity index (χ3v) is 3.93. The molecule has 2 heterocycles. The number of hydrogen-bond donors (Lipinski definition) is 3. The summed E-state index contributed by atoms with van der Waals surface area (Å²) in [6.07, 6.45) is 1.55. The Balaban J connectivity index is 1.96. The molecule has 0 saturated heterocycles. The molecule has 0 aliphatic rings. The summed E-state index contributed by atoms with van der Waals surface area (Å²) in [5.41, 5.74) is 6.34. The highest BCUT2D eigenvalue weighted by atomic mass is 32.1. The van der Waals surface area contributed by atoms with Crippen molar-refractivity contribution in [3.8, 4) is 11.5 Å². The predicted octanol–water partition coefficient (Wildman–Crippen LogP) is 1.25. The lowest BCUT2D eigenvalue weighted by molar-refractivity contribution is -0.146. The zero-order valence-electron chi connectivity index (χ0n) is 15.0. The number of carbonyl (C=O) groups excluding carboxylic acids is 2. The van der Waals surface area contributed by atoms with Gasteiger partial charge >= 0.3 is 5.97 Å². The number of nitrogens with one attached hydrogen (secondary N) is 2. The van der Waals surface area contributed by atoms with Crippen LogP contribution in [0.4, 0.5) is 10.1 Å². The summed E-state index contributed by atoms with van der Waals surface area (Å²) < 4.78 is 15.2. The molecule has 0 radical (unpaired) electrons. The quantitative estimate of drug-likeness (QED) is 0.236. The smallest absolute Gasteiger partial charge is 0.303 e. The van der Waals surface area contributed by atoms with Crippen LogP contribution < -0.4 is 16.4 Å². The molecule has 4 N–H and O–H groups in total. The standard InChI is InChI=1S/C16H21N5O5S/c1-10(22)25-8-13(23)19-7-11-3-4-12(26-11)14-15(27-16(17)21-14)20-9-18-5-6-24-2/h3-4,9H,5-8H2,1-2H3,(H2,17,21)(H,18,20)(H,19,23). The number of aromatic nitrogens is 1. The number of aliphatic imine (C=N–C) groups is 1. The van der Waals surface area contributed by atoms with Crippen molar-refractivity contribution in [1.82, 2.24) is 10.3 Å². The van der Waals surface area contributed by atoms with Crippen molar-refractivity contribution < 1.29 is 23.5 Å². The molecule has 27 heavy (non-hydrogen) atoms. The maximum atomic E-state index is 11.6. The molecule has 2 aromatic rings. The van der Waals surface area contributed by atoms with Crippen LogP contribution in [0.2, 0.25) is 0 Å². The molecule has 10 nitrogen and oxygen atoms in total. The molecule has 146 valence electrons. The average molecular weight is 395 g/mol. The molecule has 0 saturated carbocycles. The minimum absolute atomic E-state index is 0.154. The van der Waals surface area contributed by atoms with Gasteiger partial charge in [0.2, 0.25) is 0 Å². The highest BCUT2D eigenvalue weighted by Gasteiger charge is 2.15. The van der Waals surface area contributed by atoms with Crippen molar-refractivity contribution in [3.05, 3.63) is 17.9 Å². The van der Waals surface area contributed by atoms with Crippen molar-refractivity contribution in [2.75, 3.05) is 37.9 Å². The van der Waals surface area contributed by atoms with Crippen molar-refractivity contribution in [2.45, 2.75) is 13.5 Å². The number of anilines is 2. The molecule has 2 rings (SSSR count). The van der Waals surface area contributed by atoms with Gasteiger partial charge in [-0.1, -0.05) is 11.3 Å². The first kappa shape index (κ1) is 20.4. The lowest BCUT2D eigenvalue weighted by Gasteiger charge is -2.03. The summed E-state index contributed by atoms with van der Waals surface area (Å²) in [6, 6.07) is 3.45. The number of amides is 1. The Morgan fingerprint density at radius 2 is 2.26 bits per heavy atom. The molecule has 0 atom stereocenters. The highest BCUT2D eigenvalue weighted by molar-refractivity contribution is 7.20. The summed E-state index contributed by atoms with van der Waals surface area (Å²) >= 11 is 1.26. The number of nitrogens with zero attached hydrogens (tertiary/aromatic N) is 2. The number of nitrogen functional groups attached to an aromatic ring is 1. The van der Waals surface area contributed by atoms with Gasteiger partial charge in [-0.15, -0.1) is 0 Å². The molecule has 0 aliphatic carbocycles. The van der Waals surface area contributed by atoms with Gasteiger partial charge in [0.1, 0.15) is 16.5 Å². The fourth-order valence-electron chi connectivity index (χ4n) is 1.92. The Morgan fingerprint density at radius 3 is 3.00 bits per heavy atom. The third kappa shape index (κ3) is 6.72. The first-order valence-electron chi connectivity index (χ1n) is 7.98. The Kier molecular flexibility index (Phi) is 7.77. The van der Waals surface area contributed by atoms with Gasteiger partial charge in [-0.25, -0.2) is 4.98 Å². The number of furan rings is 1. The second kappa shape index (κ2) is 10.3. The van der Waals surface area contributed by atoms with E-state index in [2.05, 4.69) is 25.3 Å². The molecule has 2 aromatic heterocycles. The fraction of sp³-hybridized carbons (Fsp3) is 0.375. The van der Waals surface area contributed by atoms with Gasteiger partial charge in [0.15, 0.2) is 17.5 Å². The molecule has 1 amide bonds. The number of hydrogen-bond acceptors (Lipinski definition) is 9. The van der Waals surface area contributed by atoms with Crippen molar-refractivity contribution in [3.63, 3.8) is 0 Å². The minimum Gasteiger partial charge on any atom is -0.457 e. The number of ether oxygens (including phenoxy) is 2. The number of thiazole rings is 1. The van der Waals surface area contributed by atoms with Crippen LogP contribution in [0.3, 0.4) is 0 Å². The van der Waals surface area contributed by atoms with Gasteiger partial charge in [0.25, 0.3) is 5.91 Å². The molecule has 11 heteroatoms. The zero-order chi connectivity index (χ0) is 19.6. The Bertz CT molecular complexity index is 801. The summed E-state index contributed by atoms with van der Waals surface area (Å²) in [7, 11) is 1.61. The maximum absolute atomic E-state index is 11.6. The SMILES string of the molecule is COCCN=CNc1sc(N)nc1-c1ccc(CNC(=O)COC(C)=O)o1. The predicted molar refractivity (Wildman–Crippen MR) is 102 cm³/mol. The van der Waals surface area contributed by atoms with Crippen LogP contribution in [0.1, 0.15) is 12.7 Å². The van der Waals surface area contributed by atoms with E-state index in [0.717, 1.165) is 0 Å². The van der Waals surface area contributed by atoms with E-state index >= 15 is 0 Å². The lowest BCUT2D eigenvalue weighted by atomic mass is 10.3. The van der Waals surface area contributed by atoms with Crippen LogP contribution in [0.25, 0.3) is 11.5 Å². The number of methoxy groups -OCH3 is 1. The van der Waals surface area contributed by atoms with Crippen LogP contribution in [-0.4, -0.2) is 50.1 Å². The zero-order valence-corrected chi connectivity index (χ0v) is 15.8. The Labute approximate surface area is 159 Å². The van der Waals surface area contributed by atoms with Crippen LogP contribution in [-0.2, 0) is 25.6 Å².